The van der Waals surface area contributed by atoms with Gasteiger partial charge in [0.25, 0.3) is 5.91 Å². The molecule has 118 valence electrons. The molecule has 0 radical (unpaired) electrons. The topological polar surface area (TPSA) is 80.5 Å². The Balaban J connectivity index is 3.14. The highest BCUT2D eigenvalue weighted by molar-refractivity contribution is 7.89. The number of benzene rings is 1. The molecule has 0 aliphatic heterocycles. The molecule has 0 aromatic heterocycles. The lowest BCUT2D eigenvalue weighted by Crippen LogP contribution is -2.29. The van der Waals surface area contributed by atoms with Crippen molar-refractivity contribution in [3.63, 3.8) is 0 Å². The molecule has 1 aromatic carbocycles. The number of nitrogens with two attached hydrogens (primary N) is 1. The predicted octanol–water partition coefficient (Wildman–Crippen LogP) is 2.41. The summed E-state index contributed by atoms with van der Waals surface area (Å²) in [6.07, 6.45) is 0.872. The minimum Gasteiger partial charge on any atom is -0.342 e. The lowest BCUT2D eigenvalue weighted by molar-refractivity contribution is 0.0789. The molecule has 0 aliphatic carbocycles. The van der Waals surface area contributed by atoms with Crippen LogP contribution in [0.3, 0.4) is 0 Å². The zero-order chi connectivity index (χ0) is 16.4. The van der Waals surface area contributed by atoms with Gasteiger partial charge in [0, 0.05) is 19.2 Å². The summed E-state index contributed by atoms with van der Waals surface area (Å²) in [5, 5.41) is 5.19. The first-order valence-corrected chi connectivity index (χ1v) is 8.55. The van der Waals surface area contributed by atoms with Crippen LogP contribution in [0.15, 0.2) is 17.0 Å². The van der Waals surface area contributed by atoms with Crippen molar-refractivity contribution in [1.29, 1.82) is 0 Å². The van der Waals surface area contributed by atoms with Crippen molar-refractivity contribution in [3.8, 4) is 0 Å². The van der Waals surface area contributed by atoms with E-state index in [-0.39, 0.29) is 21.4 Å². The molecule has 21 heavy (non-hydrogen) atoms. The molecular weight excluding hydrogens is 312 g/mol. The smallest absolute Gasteiger partial charge is 0.253 e. The fourth-order valence-electron chi connectivity index (χ4n) is 1.84. The average Bonchev–Trinajstić information content (AvgIpc) is 2.36. The number of hydrogen-bond acceptors (Lipinski definition) is 3. The normalized spacial score (nSPS) is 11.8. The van der Waals surface area contributed by atoms with Crippen LogP contribution in [0, 0.1) is 12.8 Å². The van der Waals surface area contributed by atoms with Crippen molar-refractivity contribution in [2.75, 3.05) is 13.6 Å². The van der Waals surface area contributed by atoms with Gasteiger partial charge in [-0.2, -0.15) is 0 Å². The van der Waals surface area contributed by atoms with Crippen LogP contribution in [-0.2, 0) is 10.0 Å². The highest BCUT2D eigenvalue weighted by Gasteiger charge is 2.20. The highest BCUT2D eigenvalue weighted by atomic mass is 35.5. The number of hydrogen-bond donors (Lipinski definition) is 1. The van der Waals surface area contributed by atoms with E-state index >= 15 is 0 Å². The van der Waals surface area contributed by atoms with Gasteiger partial charge in [0.15, 0.2) is 0 Å². The Bertz CT molecular complexity index is 642. The van der Waals surface area contributed by atoms with Gasteiger partial charge in [-0.05, 0) is 37.0 Å². The quantitative estimate of drug-likeness (QED) is 0.899. The number of amides is 1. The third-order valence-electron chi connectivity index (χ3n) is 3.16. The van der Waals surface area contributed by atoms with Crippen LogP contribution < -0.4 is 5.14 Å². The number of sulfonamides is 1. The molecule has 0 fully saturated rings. The molecule has 0 heterocycles. The Kier molecular flexibility index (Phi) is 5.78. The van der Waals surface area contributed by atoms with E-state index in [1.165, 1.54) is 6.07 Å². The molecule has 0 spiro atoms. The third kappa shape index (κ3) is 4.69. The summed E-state index contributed by atoms with van der Waals surface area (Å²) in [6, 6.07) is 2.81. The molecule has 0 saturated heterocycles. The van der Waals surface area contributed by atoms with Crippen LogP contribution in [0.5, 0.6) is 0 Å². The summed E-state index contributed by atoms with van der Waals surface area (Å²) in [6.45, 7) is 6.39. The Morgan fingerprint density at radius 1 is 1.38 bits per heavy atom. The summed E-state index contributed by atoms with van der Waals surface area (Å²) in [4.78, 5) is 13.7. The molecule has 0 atom stereocenters. The van der Waals surface area contributed by atoms with Gasteiger partial charge in [0.2, 0.25) is 10.0 Å². The summed E-state index contributed by atoms with van der Waals surface area (Å²) >= 11 is 5.95. The summed E-state index contributed by atoms with van der Waals surface area (Å²) < 4.78 is 23.1. The Morgan fingerprint density at radius 3 is 2.43 bits per heavy atom. The van der Waals surface area contributed by atoms with Gasteiger partial charge >= 0.3 is 0 Å². The lowest BCUT2D eigenvalue weighted by atomic mass is 10.1. The van der Waals surface area contributed by atoms with Crippen molar-refractivity contribution >= 4 is 27.5 Å². The van der Waals surface area contributed by atoms with E-state index < -0.39 is 10.0 Å². The zero-order valence-corrected chi connectivity index (χ0v) is 14.3. The highest BCUT2D eigenvalue weighted by Crippen LogP contribution is 2.26. The van der Waals surface area contributed by atoms with E-state index in [1.54, 1.807) is 24.9 Å². The average molecular weight is 333 g/mol. The maximum Gasteiger partial charge on any atom is 0.253 e. The number of primary sulfonamides is 1. The van der Waals surface area contributed by atoms with E-state index in [0.29, 0.717) is 18.0 Å². The molecule has 0 unspecified atom stereocenters. The van der Waals surface area contributed by atoms with Gasteiger partial charge in [0.05, 0.1) is 5.02 Å². The van der Waals surface area contributed by atoms with Crippen LogP contribution in [0.25, 0.3) is 0 Å². The first kappa shape index (κ1) is 17.9. The third-order valence-corrected chi connectivity index (χ3v) is 4.71. The van der Waals surface area contributed by atoms with Gasteiger partial charge in [0.1, 0.15) is 4.90 Å². The van der Waals surface area contributed by atoms with Crippen LogP contribution in [-0.4, -0.2) is 32.8 Å². The standard InChI is InChI=1S/C14H21ClN2O3S/c1-9(2)5-6-17(4)14(18)11-7-10(3)13(15)12(8-11)21(16,19)20/h7-9H,5-6H2,1-4H3,(H2,16,19,20). The molecule has 0 saturated carbocycles. The molecule has 1 aromatic rings. The minimum absolute atomic E-state index is 0.0545. The largest absolute Gasteiger partial charge is 0.342 e. The fraction of sp³-hybridized carbons (Fsp3) is 0.500. The van der Waals surface area contributed by atoms with Gasteiger partial charge < -0.3 is 4.90 Å². The van der Waals surface area contributed by atoms with E-state index in [4.69, 9.17) is 16.7 Å². The number of carbonyl (C=O) groups is 1. The Labute approximate surface area is 131 Å². The number of halogens is 1. The van der Waals surface area contributed by atoms with Crippen molar-refractivity contribution in [3.05, 3.63) is 28.3 Å². The molecule has 5 nitrogen and oxygen atoms in total. The van der Waals surface area contributed by atoms with Crippen molar-refractivity contribution in [2.45, 2.75) is 32.1 Å². The maximum absolute atomic E-state index is 12.3. The first-order chi connectivity index (χ1) is 9.54. The lowest BCUT2D eigenvalue weighted by Gasteiger charge is -2.19. The van der Waals surface area contributed by atoms with E-state index in [1.807, 2.05) is 0 Å². The van der Waals surface area contributed by atoms with E-state index in [2.05, 4.69) is 13.8 Å². The van der Waals surface area contributed by atoms with E-state index in [0.717, 1.165) is 6.42 Å². The summed E-state index contributed by atoms with van der Waals surface area (Å²) in [7, 11) is -2.28. The van der Waals surface area contributed by atoms with Crippen molar-refractivity contribution in [1.82, 2.24) is 4.90 Å². The van der Waals surface area contributed by atoms with Crippen LogP contribution in [0.2, 0.25) is 5.02 Å². The zero-order valence-electron chi connectivity index (χ0n) is 12.7. The van der Waals surface area contributed by atoms with Gasteiger partial charge in [-0.15, -0.1) is 0 Å². The molecular formula is C14H21ClN2O3S. The fourth-order valence-corrected chi connectivity index (χ4v) is 2.98. The summed E-state index contributed by atoms with van der Waals surface area (Å²) in [5.74, 6) is 0.229. The molecule has 1 amide bonds. The Hall–Kier alpha value is -1.11. The van der Waals surface area contributed by atoms with Crippen molar-refractivity contribution in [2.24, 2.45) is 11.1 Å². The number of aryl methyl sites for hydroxylation is 1. The van der Waals surface area contributed by atoms with Gasteiger partial charge in [-0.1, -0.05) is 25.4 Å². The number of carbonyl (C=O) groups excluding carboxylic acids is 1. The number of rotatable bonds is 5. The second kappa shape index (κ2) is 6.77. The Morgan fingerprint density at radius 2 is 1.95 bits per heavy atom. The molecule has 1 rings (SSSR count). The van der Waals surface area contributed by atoms with Gasteiger partial charge in [-0.25, -0.2) is 13.6 Å². The predicted molar refractivity (Wildman–Crippen MR) is 84.0 cm³/mol. The summed E-state index contributed by atoms with van der Waals surface area (Å²) in [5.41, 5.74) is 0.774. The van der Waals surface area contributed by atoms with E-state index in [9.17, 15) is 13.2 Å². The van der Waals surface area contributed by atoms with Crippen LogP contribution in [0.4, 0.5) is 0 Å². The molecule has 0 bridgehead atoms. The second-order valence-corrected chi connectivity index (χ2v) is 7.47. The number of nitrogens with zero attached hydrogens (tertiary/aromatic N) is 1. The van der Waals surface area contributed by atoms with Crippen LogP contribution in [0.1, 0.15) is 36.2 Å². The van der Waals surface area contributed by atoms with Crippen LogP contribution >= 0.6 is 11.6 Å². The van der Waals surface area contributed by atoms with Crippen molar-refractivity contribution < 1.29 is 13.2 Å². The monoisotopic (exact) mass is 332 g/mol. The van der Waals surface area contributed by atoms with Gasteiger partial charge in [-0.3, -0.25) is 4.79 Å². The minimum atomic E-state index is -3.97. The molecule has 0 aliphatic rings. The second-order valence-electron chi connectivity index (χ2n) is 5.56. The molecule has 7 heteroatoms. The SMILES string of the molecule is Cc1cc(C(=O)N(C)CCC(C)C)cc(S(N)(=O)=O)c1Cl. The first-order valence-electron chi connectivity index (χ1n) is 6.62. The molecule has 2 N–H and O–H groups in total. The maximum atomic E-state index is 12.3.